The minimum absolute atomic E-state index is 0.144. The number of benzene rings is 1. The molecule has 0 fully saturated rings. The molecule has 0 aliphatic rings. The van der Waals surface area contributed by atoms with Gasteiger partial charge in [0.25, 0.3) is 0 Å². The molecule has 0 heterocycles. The summed E-state index contributed by atoms with van der Waals surface area (Å²) in [6, 6.07) is 1.90. The van der Waals surface area contributed by atoms with Gasteiger partial charge in [0, 0.05) is 18.3 Å². The minimum atomic E-state index is -0.973. The van der Waals surface area contributed by atoms with E-state index in [2.05, 4.69) is 21.2 Å². The van der Waals surface area contributed by atoms with E-state index in [1.165, 1.54) is 11.0 Å². The largest absolute Gasteiger partial charge is 0.481 e. The van der Waals surface area contributed by atoms with Crippen molar-refractivity contribution in [1.82, 2.24) is 4.90 Å². The summed E-state index contributed by atoms with van der Waals surface area (Å²) >= 11 is 3.08. The molecule has 1 atom stereocenters. The lowest BCUT2D eigenvalue weighted by Crippen LogP contribution is -2.42. The van der Waals surface area contributed by atoms with Crippen LogP contribution in [0, 0.1) is 12.7 Å². The highest BCUT2D eigenvalue weighted by Gasteiger charge is 2.21. The van der Waals surface area contributed by atoms with Crippen LogP contribution in [0.5, 0.6) is 0 Å². The lowest BCUT2D eigenvalue weighted by Gasteiger charge is -2.27. The zero-order chi connectivity index (χ0) is 16.2. The van der Waals surface area contributed by atoms with Gasteiger partial charge < -0.3 is 15.3 Å². The smallest absolute Gasteiger partial charge is 0.322 e. The van der Waals surface area contributed by atoms with Gasteiger partial charge in [0.2, 0.25) is 0 Å². The fourth-order valence-corrected chi connectivity index (χ4v) is 2.44. The van der Waals surface area contributed by atoms with Gasteiger partial charge in [-0.25, -0.2) is 9.18 Å². The third kappa shape index (κ3) is 4.70. The van der Waals surface area contributed by atoms with Gasteiger partial charge in [-0.15, -0.1) is 0 Å². The van der Waals surface area contributed by atoms with Crippen LogP contribution in [0.4, 0.5) is 14.9 Å². The average Bonchev–Trinajstić information content (AvgIpc) is 2.35. The molecule has 116 valence electrons. The molecular formula is C14H18BrFN2O3. The third-order valence-corrected chi connectivity index (χ3v) is 3.72. The second-order valence-electron chi connectivity index (χ2n) is 4.74. The number of nitrogens with one attached hydrogen (secondary N) is 1. The van der Waals surface area contributed by atoms with Gasteiger partial charge in [-0.3, -0.25) is 4.79 Å². The average molecular weight is 361 g/mol. The number of aryl methyl sites for hydroxylation is 1. The molecule has 0 spiro atoms. The second-order valence-corrected chi connectivity index (χ2v) is 5.60. The number of aliphatic carboxylic acids is 1. The number of halogens is 2. The highest BCUT2D eigenvalue weighted by molar-refractivity contribution is 9.10. The lowest BCUT2D eigenvalue weighted by atomic mass is 10.2. The van der Waals surface area contributed by atoms with Crippen LogP contribution in [-0.2, 0) is 4.79 Å². The second kappa shape index (κ2) is 7.40. The minimum Gasteiger partial charge on any atom is -0.481 e. The SMILES string of the molecule is CCN(C(=O)Nc1cc(F)c(Br)cc1C)C(C)CC(=O)O. The monoisotopic (exact) mass is 360 g/mol. The van der Waals surface area contributed by atoms with Gasteiger partial charge in [-0.05, 0) is 54.4 Å². The van der Waals surface area contributed by atoms with Crippen molar-refractivity contribution in [3.8, 4) is 0 Å². The van der Waals surface area contributed by atoms with E-state index in [-0.39, 0.29) is 6.42 Å². The first kappa shape index (κ1) is 17.4. The third-order valence-electron chi connectivity index (χ3n) is 3.11. The molecule has 0 saturated carbocycles. The Kier molecular flexibility index (Phi) is 6.14. The molecule has 5 nitrogen and oxygen atoms in total. The molecule has 0 aliphatic heterocycles. The topological polar surface area (TPSA) is 69.6 Å². The van der Waals surface area contributed by atoms with E-state index < -0.39 is 23.9 Å². The molecule has 21 heavy (non-hydrogen) atoms. The van der Waals surface area contributed by atoms with Crippen molar-refractivity contribution in [2.45, 2.75) is 33.2 Å². The van der Waals surface area contributed by atoms with Crippen LogP contribution in [0.2, 0.25) is 0 Å². The molecule has 0 saturated heterocycles. The first-order valence-electron chi connectivity index (χ1n) is 6.51. The molecule has 1 rings (SSSR count). The summed E-state index contributed by atoms with van der Waals surface area (Å²) in [6.07, 6.45) is -0.144. The van der Waals surface area contributed by atoms with E-state index in [0.717, 1.165) is 0 Å². The van der Waals surface area contributed by atoms with E-state index in [9.17, 15) is 14.0 Å². The summed E-state index contributed by atoms with van der Waals surface area (Å²) in [5, 5.41) is 11.4. The number of carboxylic acid groups (broad SMARTS) is 1. The van der Waals surface area contributed by atoms with E-state index in [4.69, 9.17) is 5.11 Å². The van der Waals surface area contributed by atoms with E-state index >= 15 is 0 Å². The standard InChI is InChI=1S/C14H18BrFN2O3/c1-4-18(9(3)6-13(19)20)14(21)17-12-7-11(16)10(15)5-8(12)2/h5,7,9H,4,6H2,1-3H3,(H,17,21)(H,19,20). The maximum absolute atomic E-state index is 13.5. The molecule has 1 aromatic carbocycles. The normalized spacial score (nSPS) is 11.9. The zero-order valence-electron chi connectivity index (χ0n) is 12.1. The Hall–Kier alpha value is -1.63. The fraction of sp³-hybridized carbons (Fsp3) is 0.429. The van der Waals surface area contributed by atoms with Gasteiger partial charge in [0.15, 0.2) is 0 Å². The van der Waals surface area contributed by atoms with Crippen LogP contribution in [0.25, 0.3) is 0 Å². The summed E-state index contributed by atoms with van der Waals surface area (Å²) in [6.45, 7) is 5.52. The van der Waals surface area contributed by atoms with Crippen LogP contribution < -0.4 is 5.32 Å². The molecule has 1 unspecified atom stereocenters. The van der Waals surface area contributed by atoms with Crippen molar-refractivity contribution >= 4 is 33.6 Å². The Morgan fingerprint density at radius 1 is 1.48 bits per heavy atom. The maximum atomic E-state index is 13.5. The number of amides is 2. The Labute approximate surface area is 131 Å². The van der Waals surface area contributed by atoms with Crippen molar-refractivity contribution in [1.29, 1.82) is 0 Å². The number of nitrogens with zero attached hydrogens (tertiary/aromatic N) is 1. The van der Waals surface area contributed by atoms with Crippen molar-refractivity contribution in [2.75, 3.05) is 11.9 Å². The lowest BCUT2D eigenvalue weighted by molar-refractivity contribution is -0.137. The number of carbonyl (C=O) groups is 2. The highest BCUT2D eigenvalue weighted by Crippen LogP contribution is 2.24. The maximum Gasteiger partial charge on any atom is 0.322 e. The van der Waals surface area contributed by atoms with Gasteiger partial charge in [0.1, 0.15) is 5.82 Å². The predicted molar refractivity (Wildman–Crippen MR) is 82.0 cm³/mol. The molecule has 0 radical (unpaired) electrons. The number of hydrogen-bond donors (Lipinski definition) is 2. The summed E-state index contributed by atoms with van der Waals surface area (Å²) in [7, 11) is 0. The van der Waals surface area contributed by atoms with E-state index in [1.807, 2.05) is 0 Å². The van der Waals surface area contributed by atoms with Gasteiger partial charge in [-0.2, -0.15) is 0 Å². The highest BCUT2D eigenvalue weighted by atomic mass is 79.9. The fourth-order valence-electron chi connectivity index (χ4n) is 1.99. The molecule has 1 aromatic rings. The molecule has 0 aliphatic carbocycles. The molecule has 0 bridgehead atoms. The van der Waals surface area contributed by atoms with Gasteiger partial charge >= 0.3 is 12.0 Å². The van der Waals surface area contributed by atoms with Crippen LogP contribution in [0.1, 0.15) is 25.8 Å². The quantitative estimate of drug-likeness (QED) is 0.842. The van der Waals surface area contributed by atoms with Gasteiger partial charge in [-0.1, -0.05) is 0 Å². The summed E-state index contributed by atoms with van der Waals surface area (Å²) in [4.78, 5) is 24.3. The molecule has 2 N–H and O–H groups in total. The first-order valence-corrected chi connectivity index (χ1v) is 7.30. The van der Waals surface area contributed by atoms with E-state index in [1.54, 1.807) is 26.8 Å². The zero-order valence-corrected chi connectivity index (χ0v) is 13.7. The van der Waals surface area contributed by atoms with Crippen molar-refractivity contribution in [2.24, 2.45) is 0 Å². The van der Waals surface area contributed by atoms with Crippen LogP contribution in [0.15, 0.2) is 16.6 Å². The van der Waals surface area contributed by atoms with E-state index in [0.29, 0.717) is 22.3 Å². The number of urea groups is 1. The summed E-state index contributed by atoms with van der Waals surface area (Å²) in [5.41, 5.74) is 1.07. The predicted octanol–water partition coefficient (Wildman–Crippen LogP) is 3.61. The summed E-state index contributed by atoms with van der Waals surface area (Å²) < 4.78 is 13.9. The number of carbonyl (C=O) groups excluding carboxylic acids is 1. The van der Waals surface area contributed by atoms with Crippen molar-refractivity contribution in [3.05, 3.63) is 28.0 Å². The van der Waals surface area contributed by atoms with Crippen molar-refractivity contribution in [3.63, 3.8) is 0 Å². The molecule has 0 aromatic heterocycles. The Balaban J connectivity index is 2.88. The number of hydrogen-bond acceptors (Lipinski definition) is 2. The molecule has 2 amide bonds. The Morgan fingerprint density at radius 2 is 2.10 bits per heavy atom. The number of rotatable bonds is 5. The molecule has 7 heteroatoms. The van der Waals surface area contributed by atoms with Crippen LogP contribution in [-0.4, -0.2) is 34.6 Å². The Bertz CT molecular complexity index is 551. The summed E-state index contributed by atoms with van der Waals surface area (Å²) in [5.74, 6) is -1.45. The van der Waals surface area contributed by atoms with Crippen LogP contribution in [0.3, 0.4) is 0 Å². The number of carboxylic acids is 1. The van der Waals surface area contributed by atoms with Crippen LogP contribution >= 0.6 is 15.9 Å². The van der Waals surface area contributed by atoms with Crippen molar-refractivity contribution < 1.29 is 19.1 Å². The number of anilines is 1. The first-order chi connectivity index (χ1) is 9.76. The Morgan fingerprint density at radius 3 is 2.62 bits per heavy atom. The molecular weight excluding hydrogens is 343 g/mol. The van der Waals surface area contributed by atoms with Gasteiger partial charge in [0.05, 0.1) is 10.9 Å².